The summed E-state index contributed by atoms with van der Waals surface area (Å²) in [6, 6.07) is 2.77. The first-order valence-corrected chi connectivity index (χ1v) is 12.7. The van der Waals surface area contributed by atoms with Gasteiger partial charge in [-0.1, -0.05) is 0 Å². The highest BCUT2D eigenvalue weighted by Gasteiger charge is 2.31. The number of anilines is 1. The van der Waals surface area contributed by atoms with Crippen molar-refractivity contribution < 1.29 is 21.9 Å². The summed E-state index contributed by atoms with van der Waals surface area (Å²) in [5.41, 5.74) is -0.255. The molecule has 1 saturated heterocycles. The summed E-state index contributed by atoms with van der Waals surface area (Å²) in [4.78, 5) is 19.0. The molecule has 1 aromatic carbocycles. The van der Waals surface area contributed by atoms with E-state index in [-0.39, 0.29) is 30.6 Å². The molecule has 2 aromatic heterocycles. The Morgan fingerprint density at radius 1 is 1.00 bits per heavy atom. The standard InChI is InChI=1S/C22H24F2N6O4S/c23-16-11-17(24)13-18(12-16)30-22(31)21(34-19-3-1-2-4-19)20(14-26-30)27-7-9-28(10-8-27)35(32,33)29-6-5-25-15-29/h5-6,11-15,19H,1-4,7-10H2. The molecule has 3 aromatic rings. The van der Waals surface area contributed by atoms with E-state index in [0.717, 1.165) is 52.5 Å². The van der Waals surface area contributed by atoms with Crippen molar-refractivity contribution in [1.29, 1.82) is 0 Å². The van der Waals surface area contributed by atoms with Crippen molar-refractivity contribution in [2.45, 2.75) is 31.8 Å². The minimum Gasteiger partial charge on any atom is -0.483 e. The van der Waals surface area contributed by atoms with Gasteiger partial charge in [-0.05, 0) is 37.8 Å². The molecule has 1 aliphatic carbocycles. The van der Waals surface area contributed by atoms with Gasteiger partial charge >= 0.3 is 15.8 Å². The Kier molecular flexibility index (Phi) is 6.28. The van der Waals surface area contributed by atoms with Crippen LogP contribution in [-0.2, 0) is 10.2 Å². The first-order chi connectivity index (χ1) is 16.8. The molecule has 3 heterocycles. The van der Waals surface area contributed by atoms with Crippen molar-refractivity contribution in [2.24, 2.45) is 0 Å². The molecule has 2 fully saturated rings. The Balaban J connectivity index is 1.45. The van der Waals surface area contributed by atoms with Gasteiger partial charge in [0.05, 0.1) is 18.0 Å². The average Bonchev–Trinajstić information content (AvgIpc) is 3.55. The molecule has 186 valence electrons. The molecule has 1 saturated carbocycles. The molecule has 0 amide bonds. The smallest absolute Gasteiger partial charge is 0.316 e. The van der Waals surface area contributed by atoms with E-state index < -0.39 is 27.4 Å². The fourth-order valence-corrected chi connectivity index (χ4v) is 5.73. The molecule has 35 heavy (non-hydrogen) atoms. The number of piperazine rings is 1. The number of halogens is 2. The lowest BCUT2D eigenvalue weighted by Gasteiger charge is -2.35. The minimum atomic E-state index is -3.74. The van der Waals surface area contributed by atoms with E-state index in [9.17, 15) is 22.0 Å². The van der Waals surface area contributed by atoms with E-state index in [0.29, 0.717) is 18.8 Å². The van der Waals surface area contributed by atoms with Gasteiger partial charge in [0.15, 0.2) is 0 Å². The van der Waals surface area contributed by atoms with Crippen LogP contribution in [0.5, 0.6) is 5.75 Å². The van der Waals surface area contributed by atoms with Crippen LogP contribution in [0.25, 0.3) is 5.69 Å². The van der Waals surface area contributed by atoms with Gasteiger partial charge in [-0.3, -0.25) is 4.79 Å². The van der Waals surface area contributed by atoms with Crippen LogP contribution >= 0.6 is 0 Å². The van der Waals surface area contributed by atoms with Gasteiger partial charge in [0.25, 0.3) is 0 Å². The van der Waals surface area contributed by atoms with Crippen molar-refractivity contribution in [3.05, 3.63) is 65.1 Å². The van der Waals surface area contributed by atoms with E-state index in [4.69, 9.17) is 4.74 Å². The second kappa shape index (κ2) is 9.38. The number of nitrogens with zero attached hydrogens (tertiary/aromatic N) is 6. The summed E-state index contributed by atoms with van der Waals surface area (Å²) < 4.78 is 62.6. The van der Waals surface area contributed by atoms with Crippen LogP contribution in [0, 0.1) is 11.6 Å². The van der Waals surface area contributed by atoms with E-state index in [2.05, 4.69) is 10.1 Å². The fraction of sp³-hybridized carbons (Fsp3) is 0.409. The molecule has 5 rings (SSSR count). The topological polar surface area (TPSA) is 103 Å². The first kappa shape index (κ1) is 23.4. The van der Waals surface area contributed by atoms with E-state index in [1.54, 1.807) is 0 Å². The Bertz CT molecular complexity index is 1340. The number of hydrogen-bond acceptors (Lipinski definition) is 7. The summed E-state index contributed by atoms with van der Waals surface area (Å²) in [5.74, 6) is -1.61. The Morgan fingerprint density at radius 3 is 2.31 bits per heavy atom. The number of benzene rings is 1. The molecular weight excluding hydrogens is 482 g/mol. The molecule has 10 nitrogen and oxygen atoms in total. The SMILES string of the molecule is O=c1c(OC2CCCC2)c(N2CCN(S(=O)(=O)n3ccnc3)CC2)cnn1-c1cc(F)cc(F)c1. The molecular formula is C22H24F2N6O4S. The zero-order valence-electron chi connectivity index (χ0n) is 18.8. The zero-order chi connectivity index (χ0) is 24.6. The van der Waals surface area contributed by atoms with E-state index >= 15 is 0 Å². The Hall–Kier alpha value is -3.32. The van der Waals surface area contributed by atoms with Gasteiger partial charge < -0.3 is 9.64 Å². The highest BCUT2D eigenvalue weighted by Crippen LogP contribution is 2.30. The highest BCUT2D eigenvalue weighted by molar-refractivity contribution is 7.87. The largest absolute Gasteiger partial charge is 0.483 e. The molecule has 13 heteroatoms. The Morgan fingerprint density at radius 2 is 1.69 bits per heavy atom. The van der Waals surface area contributed by atoms with Gasteiger partial charge in [-0.2, -0.15) is 22.5 Å². The van der Waals surface area contributed by atoms with E-state index in [1.165, 1.54) is 29.2 Å². The molecule has 0 bridgehead atoms. The lowest BCUT2D eigenvalue weighted by molar-refractivity contribution is 0.205. The van der Waals surface area contributed by atoms with Crippen molar-refractivity contribution >= 4 is 15.9 Å². The fourth-order valence-electron chi connectivity index (χ4n) is 4.46. The van der Waals surface area contributed by atoms with Gasteiger partial charge in [0.2, 0.25) is 5.75 Å². The van der Waals surface area contributed by atoms with Crippen LogP contribution in [-0.4, -0.2) is 63.7 Å². The Labute approximate surface area is 200 Å². The zero-order valence-corrected chi connectivity index (χ0v) is 19.6. The maximum atomic E-state index is 13.8. The van der Waals surface area contributed by atoms with Crippen molar-refractivity contribution in [2.75, 3.05) is 31.1 Å². The lowest BCUT2D eigenvalue weighted by Crippen LogP contribution is -2.50. The van der Waals surface area contributed by atoms with E-state index in [1.807, 2.05) is 4.90 Å². The summed E-state index contributed by atoms with van der Waals surface area (Å²) in [6.07, 6.45) is 8.84. The van der Waals surface area contributed by atoms with Gasteiger partial charge in [-0.15, -0.1) is 0 Å². The molecule has 0 atom stereocenters. The minimum absolute atomic E-state index is 0.0440. The number of hydrogen-bond donors (Lipinski definition) is 0. The van der Waals surface area contributed by atoms with Crippen LogP contribution in [0.3, 0.4) is 0 Å². The molecule has 0 N–H and O–H groups in total. The monoisotopic (exact) mass is 506 g/mol. The first-order valence-electron chi connectivity index (χ1n) is 11.3. The van der Waals surface area contributed by atoms with Crippen LogP contribution in [0.4, 0.5) is 14.5 Å². The van der Waals surface area contributed by atoms with Crippen molar-refractivity contribution in [3.8, 4) is 11.4 Å². The maximum Gasteiger partial charge on any atom is 0.316 e. The normalized spacial score (nSPS) is 17.7. The predicted molar refractivity (Wildman–Crippen MR) is 123 cm³/mol. The van der Waals surface area contributed by atoms with Crippen LogP contribution < -0.4 is 15.2 Å². The number of ether oxygens (including phenoxy) is 1. The third kappa shape index (κ3) is 4.65. The second-order valence-electron chi connectivity index (χ2n) is 8.51. The van der Waals surface area contributed by atoms with Crippen LogP contribution in [0.15, 0.2) is 47.9 Å². The molecule has 0 unspecified atom stereocenters. The number of rotatable bonds is 6. The second-order valence-corrected chi connectivity index (χ2v) is 10.3. The molecule has 0 radical (unpaired) electrons. The summed E-state index contributed by atoms with van der Waals surface area (Å²) in [6.45, 7) is 0.965. The predicted octanol–water partition coefficient (Wildman–Crippen LogP) is 1.94. The quantitative estimate of drug-likeness (QED) is 0.504. The highest BCUT2D eigenvalue weighted by atomic mass is 32.2. The summed E-state index contributed by atoms with van der Waals surface area (Å²) >= 11 is 0. The lowest BCUT2D eigenvalue weighted by atomic mass is 10.2. The third-order valence-corrected chi connectivity index (χ3v) is 8.01. The summed E-state index contributed by atoms with van der Waals surface area (Å²) in [7, 11) is -3.74. The van der Waals surface area contributed by atoms with Crippen LogP contribution in [0.1, 0.15) is 25.7 Å². The molecule has 2 aliphatic rings. The van der Waals surface area contributed by atoms with Gasteiger partial charge in [-0.25, -0.2) is 17.7 Å². The molecule has 1 aliphatic heterocycles. The van der Waals surface area contributed by atoms with Gasteiger partial charge in [0.1, 0.15) is 23.6 Å². The van der Waals surface area contributed by atoms with Crippen LogP contribution in [0.2, 0.25) is 0 Å². The third-order valence-electron chi connectivity index (χ3n) is 6.25. The maximum absolute atomic E-state index is 13.8. The average molecular weight is 507 g/mol. The number of aromatic nitrogens is 4. The number of imidazole rings is 1. The summed E-state index contributed by atoms with van der Waals surface area (Å²) in [5, 5.41) is 4.15. The van der Waals surface area contributed by atoms with Gasteiger partial charge in [0, 0.05) is 44.6 Å². The van der Waals surface area contributed by atoms with Crippen molar-refractivity contribution in [1.82, 2.24) is 23.0 Å². The van der Waals surface area contributed by atoms with Crippen molar-refractivity contribution in [3.63, 3.8) is 0 Å². The molecule has 0 spiro atoms.